The molecule has 0 atom stereocenters. The van der Waals surface area contributed by atoms with E-state index in [4.69, 9.17) is 14.0 Å². The normalized spacial score (nSPS) is 19.6. The molecule has 0 saturated carbocycles. The Hall–Kier alpha value is -3.82. The van der Waals surface area contributed by atoms with E-state index in [1.165, 1.54) is 13.2 Å². The van der Waals surface area contributed by atoms with Crippen LogP contribution in [0.4, 0.5) is 0 Å². The highest BCUT2D eigenvalue weighted by molar-refractivity contribution is 5.97. The highest BCUT2D eigenvalue weighted by Gasteiger charge is 2.51. The number of nitrogens with zero attached hydrogens (tertiary/aromatic N) is 3. The Morgan fingerprint density at radius 1 is 1.21 bits per heavy atom. The number of carbonyl (C=O) groups excluding carboxylic acids is 3. The molecular formula is C23H26N4O6. The van der Waals surface area contributed by atoms with Crippen molar-refractivity contribution in [2.24, 2.45) is 5.41 Å². The fraction of sp³-hybridized carbons (Fsp3) is 0.391. The Kier molecular flexibility index (Phi) is 6.34. The summed E-state index contributed by atoms with van der Waals surface area (Å²) < 4.78 is 15.8. The van der Waals surface area contributed by atoms with Crippen LogP contribution in [-0.4, -0.2) is 79.6 Å². The molecular weight excluding hydrogens is 428 g/mol. The summed E-state index contributed by atoms with van der Waals surface area (Å²) in [6, 6.07) is 8.46. The molecule has 2 aliphatic heterocycles. The second-order valence-corrected chi connectivity index (χ2v) is 8.14. The number of methoxy groups -OCH3 is 1. The molecule has 1 saturated heterocycles. The molecule has 174 valence electrons. The molecule has 1 aromatic heterocycles. The molecule has 4 rings (SSSR count). The maximum atomic E-state index is 13.3. The summed E-state index contributed by atoms with van der Waals surface area (Å²) in [5.41, 5.74) is -0.303. The number of rotatable bonds is 2. The fourth-order valence-corrected chi connectivity index (χ4v) is 4.03. The van der Waals surface area contributed by atoms with E-state index in [-0.39, 0.29) is 49.1 Å². The largest absolute Gasteiger partial charge is 0.489 e. The third-order valence-corrected chi connectivity index (χ3v) is 5.86. The summed E-state index contributed by atoms with van der Waals surface area (Å²) >= 11 is 0. The van der Waals surface area contributed by atoms with E-state index in [0.717, 1.165) is 0 Å². The Morgan fingerprint density at radius 3 is 2.76 bits per heavy atom. The molecule has 1 aromatic carbocycles. The molecule has 1 N–H and O–H groups in total. The van der Waals surface area contributed by atoms with E-state index < -0.39 is 5.41 Å². The van der Waals surface area contributed by atoms with Crippen molar-refractivity contribution in [2.45, 2.75) is 6.42 Å². The number of nitrogens with one attached hydrogen (secondary N) is 1. The molecule has 1 fully saturated rings. The van der Waals surface area contributed by atoms with Crippen LogP contribution in [0.15, 0.2) is 47.0 Å². The monoisotopic (exact) mass is 454 g/mol. The minimum Gasteiger partial charge on any atom is -0.489 e. The van der Waals surface area contributed by atoms with Gasteiger partial charge in [0.2, 0.25) is 11.7 Å². The number of benzene rings is 1. The van der Waals surface area contributed by atoms with Crippen LogP contribution < -0.4 is 14.8 Å². The number of hydrogen-bond donors (Lipinski definition) is 1. The van der Waals surface area contributed by atoms with Crippen LogP contribution in [0.3, 0.4) is 0 Å². The molecule has 2 aromatic rings. The summed E-state index contributed by atoms with van der Waals surface area (Å²) in [5.74, 6) is 0.0907. The predicted molar refractivity (Wildman–Crippen MR) is 117 cm³/mol. The summed E-state index contributed by atoms with van der Waals surface area (Å²) in [4.78, 5) is 41.7. The zero-order chi connectivity index (χ0) is 23.4. The van der Waals surface area contributed by atoms with Gasteiger partial charge in [0.1, 0.15) is 12.4 Å². The zero-order valence-electron chi connectivity index (χ0n) is 18.6. The molecule has 3 amide bonds. The van der Waals surface area contributed by atoms with Crippen LogP contribution in [0, 0.1) is 5.41 Å². The van der Waals surface area contributed by atoms with Gasteiger partial charge in [0.15, 0.2) is 0 Å². The Labute approximate surface area is 191 Å². The van der Waals surface area contributed by atoms with Crippen molar-refractivity contribution in [1.82, 2.24) is 20.3 Å². The molecule has 10 heteroatoms. The maximum Gasteiger partial charge on any atom is 0.292 e. The average Bonchev–Trinajstić information content (AvgIpc) is 3.28. The lowest BCUT2D eigenvalue weighted by molar-refractivity contribution is -0.149. The lowest BCUT2D eigenvalue weighted by atomic mass is 9.75. The second kappa shape index (κ2) is 9.35. The van der Waals surface area contributed by atoms with Gasteiger partial charge in [-0.15, -0.1) is 0 Å². The Bertz CT molecular complexity index is 1070. The molecule has 33 heavy (non-hydrogen) atoms. The first-order valence-corrected chi connectivity index (χ1v) is 10.6. The molecule has 0 bridgehead atoms. The Balaban J connectivity index is 1.49. The van der Waals surface area contributed by atoms with E-state index >= 15 is 0 Å². The number of allylic oxidation sites excluding steroid dienone is 1. The first kappa shape index (κ1) is 22.4. The van der Waals surface area contributed by atoms with Crippen molar-refractivity contribution in [2.75, 3.05) is 46.9 Å². The van der Waals surface area contributed by atoms with Crippen LogP contribution in [0.1, 0.15) is 27.3 Å². The van der Waals surface area contributed by atoms with Crippen molar-refractivity contribution in [3.05, 3.63) is 53.8 Å². The summed E-state index contributed by atoms with van der Waals surface area (Å²) in [5, 5.41) is 6.49. The molecule has 2 aliphatic rings. The lowest BCUT2D eigenvalue weighted by Crippen LogP contribution is -2.64. The number of likely N-dealkylation sites (tertiary alicyclic amines) is 1. The van der Waals surface area contributed by atoms with Crippen molar-refractivity contribution in [1.29, 1.82) is 0 Å². The number of fused-ring (bicyclic) bond motifs is 1. The number of ether oxygens (including phenoxy) is 2. The smallest absolute Gasteiger partial charge is 0.292 e. The average molecular weight is 454 g/mol. The number of likely N-dealkylation sites (N-methyl/N-ethyl adjacent to an activating group) is 1. The van der Waals surface area contributed by atoms with Crippen LogP contribution in [0.5, 0.6) is 11.6 Å². The number of hydrogen-bond acceptors (Lipinski definition) is 7. The van der Waals surface area contributed by atoms with Gasteiger partial charge in [0.05, 0.1) is 24.2 Å². The minimum absolute atomic E-state index is 0.0636. The van der Waals surface area contributed by atoms with Crippen molar-refractivity contribution >= 4 is 17.7 Å². The third kappa shape index (κ3) is 4.55. The zero-order valence-corrected chi connectivity index (χ0v) is 18.6. The van der Waals surface area contributed by atoms with Gasteiger partial charge in [-0.25, -0.2) is 0 Å². The SMILES string of the molecule is COc1cc(C(=O)N2CC3(C/C=C/COc4ccccc4C(=O)NCCN(C)C3=O)C2)on1. The van der Waals surface area contributed by atoms with Gasteiger partial charge in [-0.05, 0) is 23.7 Å². The van der Waals surface area contributed by atoms with E-state index in [2.05, 4.69) is 10.5 Å². The number of amides is 3. The third-order valence-electron chi connectivity index (χ3n) is 5.86. The predicted octanol–water partition coefficient (Wildman–Crippen LogP) is 1.35. The van der Waals surface area contributed by atoms with Crippen molar-refractivity contribution < 1.29 is 28.4 Å². The molecule has 1 spiro atoms. The first-order valence-electron chi connectivity index (χ1n) is 10.6. The molecule has 0 radical (unpaired) electrons. The van der Waals surface area contributed by atoms with Gasteiger partial charge in [-0.2, -0.15) is 0 Å². The van der Waals surface area contributed by atoms with Gasteiger partial charge in [-0.3, -0.25) is 14.4 Å². The molecule has 0 unspecified atom stereocenters. The van der Waals surface area contributed by atoms with Crippen LogP contribution in [0.2, 0.25) is 0 Å². The van der Waals surface area contributed by atoms with E-state index in [9.17, 15) is 14.4 Å². The van der Waals surface area contributed by atoms with Crippen LogP contribution in [0.25, 0.3) is 0 Å². The van der Waals surface area contributed by atoms with Crippen LogP contribution >= 0.6 is 0 Å². The molecule has 3 heterocycles. The van der Waals surface area contributed by atoms with E-state index in [1.54, 1.807) is 35.0 Å². The topological polar surface area (TPSA) is 114 Å². The lowest BCUT2D eigenvalue weighted by Gasteiger charge is -2.49. The summed E-state index contributed by atoms with van der Waals surface area (Å²) in [7, 11) is 3.14. The quantitative estimate of drug-likeness (QED) is 0.682. The van der Waals surface area contributed by atoms with E-state index in [1.807, 2.05) is 18.2 Å². The Morgan fingerprint density at radius 2 is 2.00 bits per heavy atom. The molecule has 0 aliphatic carbocycles. The van der Waals surface area contributed by atoms with Gasteiger partial charge in [0.25, 0.3) is 17.7 Å². The maximum absolute atomic E-state index is 13.3. The number of carbonyl (C=O) groups is 3. The van der Waals surface area contributed by atoms with Gasteiger partial charge >= 0.3 is 0 Å². The van der Waals surface area contributed by atoms with E-state index in [0.29, 0.717) is 30.8 Å². The summed E-state index contributed by atoms with van der Waals surface area (Å²) in [6.07, 6.45) is 4.16. The van der Waals surface area contributed by atoms with Gasteiger partial charge in [0, 0.05) is 33.2 Å². The van der Waals surface area contributed by atoms with Crippen molar-refractivity contribution in [3.8, 4) is 11.6 Å². The molecule has 10 nitrogen and oxygen atoms in total. The van der Waals surface area contributed by atoms with Gasteiger partial charge < -0.3 is 29.1 Å². The number of aromatic nitrogens is 1. The second-order valence-electron chi connectivity index (χ2n) is 8.14. The fourth-order valence-electron chi connectivity index (χ4n) is 4.03. The number of para-hydroxylation sites is 1. The van der Waals surface area contributed by atoms with Crippen LogP contribution in [-0.2, 0) is 4.79 Å². The highest BCUT2D eigenvalue weighted by Crippen LogP contribution is 2.37. The van der Waals surface area contributed by atoms with Gasteiger partial charge in [-0.1, -0.05) is 24.3 Å². The first-order chi connectivity index (χ1) is 15.9. The summed E-state index contributed by atoms with van der Waals surface area (Å²) in [6.45, 7) is 1.38. The minimum atomic E-state index is -0.753. The highest BCUT2D eigenvalue weighted by atomic mass is 16.5. The van der Waals surface area contributed by atoms with Crippen molar-refractivity contribution in [3.63, 3.8) is 0 Å². The standard InChI is InChI=1S/C23H26N4O6/c1-26-11-10-24-20(28)16-7-3-4-8-17(16)32-12-6-5-9-23(22(26)30)14-27(15-23)21(29)18-13-19(31-2)25-33-18/h3-8,13H,9-12,14-15H2,1-2H3,(H,24,28)/b6-5+.